The topological polar surface area (TPSA) is 90.5 Å². The fourth-order valence-corrected chi connectivity index (χ4v) is 4.11. The summed E-state index contributed by atoms with van der Waals surface area (Å²) in [5, 5.41) is 2.27. The molecule has 3 aromatic rings. The van der Waals surface area contributed by atoms with Gasteiger partial charge in [0, 0.05) is 11.1 Å². The average molecular weight is 569 g/mol. The van der Waals surface area contributed by atoms with Crippen molar-refractivity contribution in [3.63, 3.8) is 0 Å². The lowest BCUT2D eigenvalue weighted by atomic mass is 10.2. The predicted molar refractivity (Wildman–Crippen MR) is 154 cm³/mol. The van der Waals surface area contributed by atoms with Crippen molar-refractivity contribution in [3.05, 3.63) is 83.9 Å². The minimum Gasteiger partial charge on any atom is -0.487 e. The van der Waals surface area contributed by atoms with Crippen LogP contribution in [0.3, 0.4) is 0 Å². The van der Waals surface area contributed by atoms with E-state index in [2.05, 4.69) is 35.6 Å². The summed E-state index contributed by atoms with van der Waals surface area (Å²) in [6.45, 7) is 7.07. The molecule has 2 N–H and O–H groups in total. The van der Waals surface area contributed by atoms with Crippen molar-refractivity contribution in [1.29, 1.82) is 0 Å². The Morgan fingerprint density at radius 3 is 1.34 bits per heavy atom. The number of para-hydroxylation sites is 2. The van der Waals surface area contributed by atoms with E-state index in [0.29, 0.717) is 102 Å². The number of hydrogen-bond donors (Lipinski definition) is 1. The highest BCUT2D eigenvalue weighted by Gasteiger charge is 2.09. The van der Waals surface area contributed by atoms with Crippen LogP contribution in [0.2, 0.25) is 0 Å². The highest BCUT2D eigenvalue weighted by atomic mass is 16.6. The van der Waals surface area contributed by atoms with Gasteiger partial charge in [-0.05, 0) is 30.3 Å². The van der Waals surface area contributed by atoms with Crippen molar-refractivity contribution in [2.75, 3.05) is 79.3 Å². The first kappa shape index (κ1) is 30.6. The molecule has 1 aliphatic rings. The second-order valence-electron chi connectivity index (χ2n) is 9.25. The van der Waals surface area contributed by atoms with Crippen LogP contribution < -0.4 is 24.3 Å². The van der Waals surface area contributed by atoms with Crippen LogP contribution in [0.15, 0.2) is 72.8 Å². The van der Waals surface area contributed by atoms with Gasteiger partial charge in [-0.25, -0.2) is 0 Å². The second-order valence-corrected chi connectivity index (χ2v) is 9.25. The normalized spacial score (nSPS) is 16.8. The van der Waals surface area contributed by atoms with E-state index in [-0.39, 0.29) is 0 Å². The van der Waals surface area contributed by atoms with Gasteiger partial charge >= 0.3 is 0 Å². The first-order valence-electron chi connectivity index (χ1n) is 14.3. The SMILES string of the molecule is c1ccc(C[NH2+]Cc2ccc3c(c2)OCCOCCOCCOc2ccccc2OCCOCCOCCO3)cc1. The van der Waals surface area contributed by atoms with Crippen molar-refractivity contribution in [2.45, 2.75) is 13.1 Å². The van der Waals surface area contributed by atoms with Gasteiger partial charge in [-0.3, -0.25) is 0 Å². The Bertz CT molecular complexity index is 1110. The summed E-state index contributed by atoms with van der Waals surface area (Å²) in [7, 11) is 0. The van der Waals surface area contributed by atoms with Crippen LogP contribution in [0.1, 0.15) is 11.1 Å². The lowest BCUT2D eigenvalue weighted by Crippen LogP contribution is -2.80. The van der Waals surface area contributed by atoms with Crippen LogP contribution >= 0.6 is 0 Å². The zero-order valence-corrected chi connectivity index (χ0v) is 23.7. The maximum absolute atomic E-state index is 6.07. The average Bonchev–Trinajstić information content (AvgIpc) is 3.00. The first-order chi connectivity index (χ1) is 20.4. The van der Waals surface area contributed by atoms with Crippen molar-refractivity contribution in [3.8, 4) is 23.0 Å². The standard InChI is InChI=1S/C32H41NO8/c1-2-6-27(7-3-1)25-33-26-28-10-11-31-32(24-28)41-23-19-37-15-14-35-17-21-39-30-9-5-4-8-29(30)38-20-16-34-12-13-36-18-22-40-31/h1-11,24,33H,12-23,25-26H2/p+1. The third-order valence-corrected chi connectivity index (χ3v) is 6.15. The minimum atomic E-state index is 0.404. The van der Waals surface area contributed by atoms with Gasteiger partial charge < -0.3 is 43.2 Å². The number of fused-ring (bicyclic) bond motifs is 2. The molecule has 9 nitrogen and oxygen atoms in total. The molecule has 41 heavy (non-hydrogen) atoms. The summed E-state index contributed by atoms with van der Waals surface area (Å²) >= 11 is 0. The summed E-state index contributed by atoms with van der Waals surface area (Å²) in [5.74, 6) is 2.75. The molecule has 0 amide bonds. The molecule has 0 spiro atoms. The van der Waals surface area contributed by atoms with Gasteiger partial charge in [0.1, 0.15) is 39.5 Å². The Kier molecular flexibility index (Phi) is 14.1. The second kappa shape index (κ2) is 18.9. The van der Waals surface area contributed by atoms with Crippen LogP contribution in [0.4, 0.5) is 0 Å². The van der Waals surface area contributed by atoms with Gasteiger partial charge in [-0.15, -0.1) is 0 Å². The summed E-state index contributed by atoms with van der Waals surface area (Å²) in [6.07, 6.45) is 0. The molecule has 222 valence electrons. The number of hydrogen-bond acceptors (Lipinski definition) is 8. The number of quaternary nitrogens is 1. The van der Waals surface area contributed by atoms with E-state index in [1.54, 1.807) is 0 Å². The van der Waals surface area contributed by atoms with Crippen LogP contribution in [0, 0.1) is 0 Å². The largest absolute Gasteiger partial charge is 0.487 e. The molecule has 0 bridgehead atoms. The predicted octanol–water partition coefficient (Wildman–Crippen LogP) is 3.25. The van der Waals surface area contributed by atoms with Crippen molar-refractivity contribution in [2.24, 2.45) is 0 Å². The van der Waals surface area contributed by atoms with E-state index in [4.69, 9.17) is 37.9 Å². The lowest BCUT2D eigenvalue weighted by molar-refractivity contribution is -0.686. The van der Waals surface area contributed by atoms with Crippen molar-refractivity contribution < 1.29 is 43.2 Å². The van der Waals surface area contributed by atoms with Crippen LogP contribution in [-0.2, 0) is 32.0 Å². The van der Waals surface area contributed by atoms with Gasteiger partial charge in [0.25, 0.3) is 0 Å². The van der Waals surface area contributed by atoms with E-state index in [1.807, 2.05) is 42.5 Å². The third kappa shape index (κ3) is 12.0. The molecule has 3 aromatic carbocycles. The molecule has 0 aliphatic carbocycles. The van der Waals surface area contributed by atoms with Gasteiger partial charge in [-0.2, -0.15) is 0 Å². The van der Waals surface area contributed by atoms with Crippen LogP contribution in [0.25, 0.3) is 0 Å². The molecule has 4 rings (SSSR count). The Morgan fingerprint density at radius 2 is 0.805 bits per heavy atom. The maximum atomic E-state index is 6.07. The number of nitrogens with two attached hydrogens (primary N) is 1. The van der Waals surface area contributed by atoms with Gasteiger partial charge in [0.05, 0.1) is 52.9 Å². The van der Waals surface area contributed by atoms with E-state index in [1.165, 1.54) is 5.56 Å². The fraction of sp³-hybridized carbons (Fsp3) is 0.438. The number of ether oxygens (including phenoxy) is 8. The number of benzene rings is 3. The lowest BCUT2D eigenvalue weighted by Gasteiger charge is -2.15. The third-order valence-electron chi connectivity index (χ3n) is 6.15. The molecule has 0 unspecified atom stereocenters. The zero-order valence-electron chi connectivity index (χ0n) is 23.7. The summed E-state index contributed by atoms with van der Waals surface area (Å²) in [4.78, 5) is 0. The summed E-state index contributed by atoms with van der Waals surface area (Å²) < 4.78 is 46.4. The van der Waals surface area contributed by atoms with E-state index in [9.17, 15) is 0 Å². The molecule has 0 fully saturated rings. The smallest absolute Gasteiger partial charge is 0.161 e. The Balaban J connectivity index is 1.26. The highest BCUT2D eigenvalue weighted by molar-refractivity contribution is 5.43. The Morgan fingerprint density at radius 1 is 0.390 bits per heavy atom. The monoisotopic (exact) mass is 568 g/mol. The van der Waals surface area contributed by atoms with Gasteiger partial charge in [0.15, 0.2) is 23.0 Å². The van der Waals surface area contributed by atoms with Gasteiger partial charge in [-0.1, -0.05) is 42.5 Å². The van der Waals surface area contributed by atoms with Crippen LogP contribution in [-0.4, -0.2) is 79.3 Å². The molecule has 9 heteroatoms. The van der Waals surface area contributed by atoms with Crippen LogP contribution in [0.5, 0.6) is 23.0 Å². The van der Waals surface area contributed by atoms with E-state index in [0.717, 1.165) is 18.7 Å². The van der Waals surface area contributed by atoms with Gasteiger partial charge in [0.2, 0.25) is 0 Å². The molecule has 0 radical (unpaired) electrons. The fourth-order valence-electron chi connectivity index (χ4n) is 4.11. The van der Waals surface area contributed by atoms with E-state index < -0.39 is 0 Å². The number of rotatable bonds is 4. The molecule has 0 saturated heterocycles. The molecular formula is C32H42NO8+. The minimum absolute atomic E-state index is 0.404. The molecule has 0 saturated carbocycles. The quantitative estimate of drug-likeness (QED) is 0.513. The molecule has 1 heterocycles. The van der Waals surface area contributed by atoms with Crippen molar-refractivity contribution in [1.82, 2.24) is 0 Å². The Hall–Kier alpha value is -3.34. The molecule has 0 aromatic heterocycles. The zero-order chi connectivity index (χ0) is 28.2. The maximum Gasteiger partial charge on any atom is 0.161 e. The first-order valence-corrected chi connectivity index (χ1v) is 14.3. The summed E-state index contributed by atoms with van der Waals surface area (Å²) in [6, 6.07) is 24.1. The highest BCUT2D eigenvalue weighted by Crippen LogP contribution is 2.28. The summed E-state index contributed by atoms with van der Waals surface area (Å²) in [5.41, 5.74) is 2.46. The van der Waals surface area contributed by atoms with Crippen molar-refractivity contribution >= 4 is 0 Å². The molecular weight excluding hydrogens is 526 g/mol. The molecule has 1 aliphatic heterocycles. The van der Waals surface area contributed by atoms with E-state index >= 15 is 0 Å². The molecule has 0 atom stereocenters. The Labute approximate surface area is 242 Å².